The third-order valence-corrected chi connectivity index (χ3v) is 1.51. The lowest BCUT2D eigenvalue weighted by atomic mass is 10.3. The molecule has 0 radical (unpaired) electrons. The number of nitrogen functional groups attached to an aromatic ring is 1. The molecule has 0 saturated heterocycles. The Labute approximate surface area is 58.7 Å². The second-order valence-electron chi connectivity index (χ2n) is 1.91. The van der Waals surface area contributed by atoms with E-state index in [1.807, 2.05) is 13.0 Å². The van der Waals surface area contributed by atoms with Crippen LogP contribution in [-0.2, 0) is 0 Å². The molecule has 0 amide bonds. The molecule has 0 aromatic carbocycles. The number of aromatic amines is 1. The van der Waals surface area contributed by atoms with E-state index in [4.69, 9.17) is 17.3 Å². The number of aromatic nitrogens is 1. The number of aryl methyl sites for hydroxylation is 1. The molecule has 3 heteroatoms. The second kappa shape index (κ2) is 2.23. The summed E-state index contributed by atoms with van der Waals surface area (Å²) in [5, 5.41) is 0.606. The Kier molecular flexibility index (Phi) is 1.58. The highest BCUT2D eigenvalue weighted by Crippen LogP contribution is 2.07. The molecule has 0 unspecified atom stereocenters. The molecule has 0 aliphatic carbocycles. The fourth-order valence-corrected chi connectivity index (χ4v) is 0.727. The van der Waals surface area contributed by atoms with E-state index in [-0.39, 0.29) is 0 Å². The van der Waals surface area contributed by atoms with Crippen molar-refractivity contribution in [1.82, 2.24) is 0 Å². The van der Waals surface area contributed by atoms with Crippen molar-refractivity contribution in [2.75, 3.05) is 5.73 Å². The SMILES string of the molecule is Cc1ccc(N)[nH+]c1Cl. The Morgan fingerprint density at radius 1 is 1.56 bits per heavy atom. The van der Waals surface area contributed by atoms with Gasteiger partial charge in [-0.05, 0) is 24.6 Å². The van der Waals surface area contributed by atoms with Crippen LogP contribution in [0, 0.1) is 6.92 Å². The van der Waals surface area contributed by atoms with Gasteiger partial charge in [0.15, 0.2) is 5.15 Å². The largest absolute Gasteiger partial charge is 0.287 e. The van der Waals surface area contributed by atoms with E-state index < -0.39 is 0 Å². The van der Waals surface area contributed by atoms with Crippen molar-refractivity contribution in [2.24, 2.45) is 0 Å². The van der Waals surface area contributed by atoms with E-state index in [2.05, 4.69) is 4.98 Å². The second-order valence-corrected chi connectivity index (χ2v) is 2.29. The minimum atomic E-state index is 0.589. The zero-order valence-corrected chi connectivity index (χ0v) is 5.87. The first-order valence-electron chi connectivity index (χ1n) is 2.64. The van der Waals surface area contributed by atoms with Crippen LogP contribution in [0.5, 0.6) is 0 Å². The zero-order chi connectivity index (χ0) is 6.85. The summed E-state index contributed by atoms with van der Waals surface area (Å²) >= 11 is 5.68. The molecule has 1 heterocycles. The summed E-state index contributed by atoms with van der Waals surface area (Å²) in [7, 11) is 0. The average Bonchev–Trinajstić information content (AvgIpc) is 1.80. The molecule has 0 aliphatic rings. The molecule has 2 nitrogen and oxygen atoms in total. The fourth-order valence-electron chi connectivity index (χ4n) is 0.555. The molecule has 48 valence electrons. The summed E-state index contributed by atoms with van der Waals surface area (Å²) in [6.07, 6.45) is 0. The van der Waals surface area contributed by atoms with E-state index >= 15 is 0 Å². The van der Waals surface area contributed by atoms with Crippen LogP contribution in [0.3, 0.4) is 0 Å². The number of pyridine rings is 1. The van der Waals surface area contributed by atoms with Gasteiger partial charge in [-0.1, -0.05) is 0 Å². The standard InChI is InChI=1S/C6H7ClN2/c1-4-2-3-5(8)9-6(4)7/h2-3H,1H3,(H2,8,9)/p+1. The molecule has 0 spiro atoms. The Balaban J connectivity index is 3.17. The smallest absolute Gasteiger partial charge is 0.271 e. The van der Waals surface area contributed by atoms with Crippen LogP contribution in [-0.4, -0.2) is 0 Å². The fraction of sp³-hybridized carbons (Fsp3) is 0.167. The van der Waals surface area contributed by atoms with E-state index in [9.17, 15) is 0 Å². The van der Waals surface area contributed by atoms with Gasteiger partial charge in [-0.3, -0.25) is 5.73 Å². The quantitative estimate of drug-likeness (QED) is 0.542. The molecule has 3 N–H and O–H groups in total. The van der Waals surface area contributed by atoms with E-state index in [0.29, 0.717) is 11.0 Å². The Morgan fingerprint density at radius 2 is 2.22 bits per heavy atom. The van der Waals surface area contributed by atoms with Gasteiger partial charge in [0.2, 0.25) is 0 Å². The maximum atomic E-state index is 5.68. The molecular formula is C6H8ClN2+. The molecule has 0 bridgehead atoms. The van der Waals surface area contributed by atoms with Gasteiger partial charge >= 0.3 is 0 Å². The van der Waals surface area contributed by atoms with Gasteiger partial charge < -0.3 is 0 Å². The number of hydrogen-bond donors (Lipinski definition) is 1. The topological polar surface area (TPSA) is 40.2 Å². The number of anilines is 1. The summed E-state index contributed by atoms with van der Waals surface area (Å²) in [4.78, 5) is 2.78. The van der Waals surface area contributed by atoms with Crippen molar-refractivity contribution in [2.45, 2.75) is 6.92 Å². The van der Waals surface area contributed by atoms with Gasteiger partial charge in [-0.15, -0.1) is 0 Å². The third-order valence-electron chi connectivity index (χ3n) is 1.11. The first-order chi connectivity index (χ1) is 4.20. The minimum absolute atomic E-state index is 0.589. The number of hydrogen-bond acceptors (Lipinski definition) is 1. The molecule has 0 aliphatic heterocycles. The van der Waals surface area contributed by atoms with Crippen molar-refractivity contribution in [3.05, 3.63) is 22.8 Å². The molecule has 0 atom stereocenters. The highest BCUT2D eigenvalue weighted by Gasteiger charge is 1.98. The Morgan fingerprint density at radius 3 is 2.67 bits per heavy atom. The maximum Gasteiger partial charge on any atom is 0.271 e. The van der Waals surface area contributed by atoms with Crippen molar-refractivity contribution in [3.8, 4) is 0 Å². The lowest BCUT2D eigenvalue weighted by Crippen LogP contribution is -2.11. The van der Waals surface area contributed by atoms with Crippen LogP contribution in [0.2, 0.25) is 5.15 Å². The molecule has 1 rings (SSSR count). The van der Waals surface area contributed by atoms with Gasteiger partial charge in [0, 0.05) is 11.6 Å². The van der Waals surface area contributed by atoms with Crippen molar-refractivity contribution in [3.63, 3.8) is 0 Å². The normalized spacial score (nSPS) is 9.56. The highest BCUT2D eigenvalue weighted by atomic mass is 35.5. The lowest BCUT2D eigenvalue weighted by Gasteiger charge is -1.90. The van der Waals surface area contributed by atoms with Crippen LogP contribution >= 0.6 is 11.6 Å². The summed E-state index contributed by atoms with van der Waals surface area (Å²) in [6.45, 7) is 1.91. The molecular weight excluding hydrogens is 136 g/mol. The molecule has 1 aromatic rings. The lowest BCUT2D eigenvalue weighted by molar-refractivity contribution is -0.358. The van der Waals surface area contributed by atoms with Gasteiger partial charge in [0.1, 0.15) is 0 Å². The third kappa shape index (κ3) is 1.33. The van der Waals surface area contributed by atoms with Crippen molar-refractivity contribution >= 4 is 17.4 Å². The number of H-pyrrole nitrogens is 1. The van der Waals surface area contributed by atoms with Gasteiger partial charge in [-0.2, -0.15) is 0 Å². The average molecular weight is 144 g/mol. The van der Waals surface area contributed by atoms with E-state index in [1.54, 1.807) is 6.07 Å². The number of rotatable bonds is 0. The van der Waals surface area contributed by atoms with E-state index in [1.165, 1.54) is 0 Å². The Hall–Kier alpha value is -0.760. The van der Waals surface area contributed by atoms with E-state index in [0.717, 1.165) is 5.56 Å². The predicted octanol–water partition coefficient (Wildman–Crippen LogP) is 1.04. The summed E-state index contributed by atoms with van der Waals surface area (Å²) in [5.74, 6) is 0.589. The minimum Gasteiger partial charge on any atom is -0.287 e. The molecule has 0 fully saturated rings. The van der Waals surface area contributed by atoms with Gasteiger partial charge in [0.25, 0.3) is 5.82 Å². The number of nitrogens with two attached hydrogens (primary N) is 1. The van der Waals surface area contributed by atoms with Crippen molar-refractivity contribution < 1.29 is 4.98 Å². The first kappa shape index (κ1) is 6.36. The van der Waals surface area contributed by atoms with Crippen LogP contribution < -0.4 is 10.7 Å². The summed E-state index contributed by atoms with van der Waals surface area (Å²) in [5.41, 5.74) is 6.39. The maximum absolute atomic E-state index is 5.68. The van der Waals surface area contributed by atoms with Gasteiger partial charge in [0.05, 0.1) is 0 Å². The molecule has 1 aromatic heterocycles. The summed E-state index contributed by atoms with van der Waals surface area (Å²) < 4.78 is 0. The monoisotopic (exact) mass is 143 g/mol. The molecule has 9 heavy (non-hydrogen) atoms. The zero-order valence-electron chi connectivity index (χ0n) is 5.11. The number of halogens is 1. The molecule has 0 saturated carbocycles. The van der Waals surface area contributed by atoms with Gasteiger partial charge in [-0.25, -0.2) is 4.98 Å². The number of nitrogens with one attached hydrogen (secondary N) is 1. The highest BCUT2D eigenvalue weighted by molar-refractivity contribution is 6.29. The van der Waals surface area contributed by atoms with Crippen LogP contribution in [0.1, 0.15) is 5.56 Å². The van der Waals surface area contributed by atoms with Crippen LogP contribution in [0.25, 0.3) is 0 Å². The van der Waals surface area contributed by atoms with Crippen LogP contribution in [0.4, 0.5) is 5.82 Å². The summed E-state index contributed by atoms with van der Waals surface area (Å²) in [6, 6.07) is 3.65. The van der Waals surface area contributed by atoms with Crippen molar-refractivity contribution in [1.29, 1.82) is 0 Å². The van der Waals surface area contributed by atoms with Crippen LogP contribution in [0.15, 0.2) is 12.1 Å². The Bertz CT molecular complexity index is 222. The first-order valence-corrected chi connectivity index (χ1v) is 3.02. The predicted molar refractivity (Wildman–Crippen MR) is 37.2 cm³/mol.